The van der Waals surface area contributed by atoms with Gasteiger partial charge in [-0.3, -0.25) is 9.69 Å². The average Bonchev–Trinajstić information content (AvgIpc) is 2.78. The van der Waals surface area contributed by atoms with Gasteiger partial charge >= 0.3 is 0 Å². The number of benzene rings is 1. The number of likely N-dealkylation sites (tertiary alicyclic amines) is 2. The summed E-state index contributed by atoms with van der Waals surface area (Å²) in [7, 11) is 2.20. The summed E-state index contributed by atoms with van der Waals surface area (Å²) in [6.45, 7) is 13.2. The Balaban J connectivity index is 1.51. The van der Waals surface area contributed by atoms with Gasteiger partial charge in [0.25, 0.3) is 0 Å². The Kier molecular flexibility index (Phi) is 7.55. The summed E-state index contributed by atoms with van der Waals surface area (Å²) >= 11 is 0. The van der Waals surface area contributed by atoms with Crippen molar-refractivity contribution in [2.45, 2.75) is 58.5 Å². The van der Waals surface area contributed by atoms with Crippen LogP contribution in [-0.4, -0.2) is 80.7 Å². The first kappa shape index (κ1) is 23.3. The molecular formula is C27H39N3O2. The number of nitrogens with zero attached hydrogens (tertiary/aromatic N) is 3. The van der Waals surface area contributed by atoms with E-state index in [0.717, 1.165) is 81.3 Å². The Labute approximate surface area is 194 Å². The summed E-state index contributed by atoms with van der Waals surface area (Å²) in [5.74, 6) is 7.58. The Bertz CT molecular complexity index is 867. The predicted molar refractivity (Wildman–Crippen MR) is 131 cm³/mol. The van der Waals surface area contributed by atoms with E-state index in [1.807, 2.05) is 6.07 Å². The summed E-state index contributed by atoms with van der Waals surface area (Å²) in [6.07, 6.45) is 4.37. The molecule has 3 saturated heterocycles. The molecular weight excluding hydrogens is 398 g/mol. The van der Waals surface area contributed by atoms with Gasteiger partial charge in [-0.15, -0.1) is 0 Å². The minimum absolute atomic E-state index is 0.120. The van der Waals surface area contributed by atoms with Crippen LogP contribution in [0, 0.1) is 24.7 Å². The van der Waals surface area contributed by atoms with Gasteiger partial charge in [0.1, 0.15) is 0 Å². The molecule has 3 fully saturated rings. The van der Waals surface area contributed by atoms with Gasteiger partial charge in [0.15, 0.2) is 5.78 Å². The molecule has 174 valence electrons. The van der Waals surface area contributed by atoms with E-state index in [1.165, 1.54) is 18.8 Å². The van der Waals surface area contributed by atoms with Gasteiger partial charge in [-0.2, -0.15) is 0 Å². The minimum atomic E-state index is 0.120. The maximum absolute atomic E-state index is 12.4. The van der Waals surface area contributed by atoms with Crippen molar-refractivity contribution in [2.24, 2.45) is 5.92 Å². The third-order valence-corrected chi connectivity index (χ3v) is 7.55. The Morgan fingerprint density at radius 1 is 1.16 bits per heavy atom. The monoisotopic (exact) mass is 437 g/mol. The highest BCUT2D eigenvalue weighted by Gasteiger charge is 2.31. The zero-order valence-corrected chi connectivity index (χ0v) is 20.3. The molecule has 32 heavy (non-hydrogen) atoms. The van der Waals surface area contributed by atoms with Crippen LogP contribution in [-0.2, 0) is 4.74 Å². The van der Waals surface area contributed by atoms with E-state index in [9.17, 15) is 4.79 Å². The van der Waals surface area contributed by atoms with Gasteiger partial charge in [-0.25, -0.2) is 0 Å². The summed E-state index contributed by atoms with van der Waals surface area (Å²) in [5, 5.41) is 0. The number of hydrogen-bond donors (Lipinski definition) is 0. The molecule has 1 aromatic rings. The molecule has 0 amide bonds. The van der Waals surface area contributed by atoms with Crippen LogP contribution in [0.1, 0.15) is 61.0 Å². The number of ketones is 1. The Morgan fingerprint density at radius 3 is 2.44 bits per heavy atom. The Hall–Kier alpha value is -1.87. The third-order valence-electron chi connectivity index (χ3n) is 7.55. The number of ether oxygens (including phenoxy) is 1. The lowest BCUT2D eigenvalue weighted by molar-refractivity contribution is 0.0346. The van der Waals surface area contributed by atoms with Gasteiger partial charge in [0.05, 0.1) is 0 Å². The lowest BCUT2D eigenvalue weighted by Gasteiger charge is -2.45. The lowest BCUT2D eigenvalue weighted by atomic mass is 9.93. The van der Waals surface area contributed by atoms with Crippen molar-refractivity contribution >= 4 is 11.5 Å². The smallest absolute Gasteiger partial charge is 0.160 e. The summed E-state index contributed by atoms with van der Waals surface area (Å²) in [6, 6.07) is 5.43. The van der Waals surface area contributed by atoms with Gasteiger partial charge < -0.3 is 14.5 Å². The molecule has 0 aromatic heterocycles. The summed E-state index contributed by atoms with van der Waals surface area (Å²) < 4.78 is 5.58. The number of Topliss-reactive ketones (excluding diaryl/α,β-unsaturated/α-hetero) is 1. The van der Waals surface area contributed by atoms with E-state index in [4.69, 9.17) is 4.74 Å². The highest BCUT2D eigenvalue weighted by atomic mass is 16.5. The quantitative estimate of drug-likeness (QED) is 0.520. The van der Waals surface area contributed by atoms with E-state index in [1.54, 1.807) is 6.92 Å². The highest BCUT2D eigenvalue weighted by molar-refractivity contribution is 5.97. The summed E-state index contributed by atoms with van der Waals surface area (Å²) in [5.41, 5.74) is 4.03. The van der Waals surface area contributed by atoms with Crippen molar-refractivity contribution in [2.75, 3.05) is 57.9 Å². The van der Waals surface area contributed by atoms with Crippen LogP contribution in [0.15, 0.2) is 12.1 Å². The van der Waals surface area contributed by atoms with Crippen LogP contribution in [0.25, 0.3) is 0 Å². The zero-order chi connectivity index (χ0) is 22.7. The van der Waals surface area contributed by atoms with E-state index in [-0.39, 0.29) is 5.78 Å². The topological polar surface area (TPSA) is 36.0 Å². The average molecular weight is 438 g/mol. The van der Waals surface area contributed by atoms with Crippen molar-refractivity contribution in [3.05, 3.63) is 28.8 Å². The maximum Gasteiger partial charge on any atom is 0.160 e. The van der Waals surface area contributed by atoms with Crippen molar-refractivity contribution in [3.63, 3.8) is 0 Å². The highest BCUT2D eigenvalue weighted by Crippen LogP contribution is 2.30. The first-order valence-electron chi connectivity index (χ1n) is 12.4. The van der Waals surface area contributed by atoms with E-state index in [2.05, 4.69) is 53.5 Å². The van der Waals surface area contributed by atoms with Gasteiger partial charge in [0.2, 0.25) is 0 Å². The fourth-order valence-electron chi connectivity index (χ4n) is 5.55. The predicted octanol–water partition coefficient (Wildman–Crippen LogP) is 3.58. The summed E-state index contributed by atoms with van der Waals surface area (Å²) in [4.78, 5) is 19.9. The fraction of sp³-hybridized carbons (Fsp3) is 0.667. The molecule has 0 atom stereocenters. The van der Waals surface area contributed by atoms with Gasteiger partial charge in [-0.05, 0) is 84.3 Å². The SMILES string of the molecule is CCN(c1cc(C#CC2CCN(C3CN(C)C3)CC2)cc(C(C)=O)c1C)C1CCOCC1. The standard InChI is InChI=1S/C27H39N3O2/c1-5-30(24-10-14-32-15-11-24)27-17-23(16-26(20(27)2)21(3)31)7-6-22-8-12-29(13-9-22)25-18-28(4)19-25/h16-17,22,24-25H,5,8-15,18-19H2,1-4H3. The Morgan fingerprint density at radius 2 is 1.84 bits per heavy atom. The molecule has 5 heteroatoms. The number of piperidine rings is 1. The molecule has 3 aliphatic heterocycles. The van der Waals surface area contributed by atoms with Crippen molar-refractivity contribution in [1.29, 1.82) is 0 Å². The minimum Gasteiger partial charge on any atom is -0.381 e. The zero-order valence-electron chi connectivity index (χ0n) is 20.3. The largest absolute Gasteiger partial charge is 0.381 e. The normalized spacial score (nSPS) is 21.6. The second kappa shape index (κ2) is 10.4. The molecule has 0 spiro atoms. The molecule has 0 saturated carbocycles. The van der Waals surface area contributed by atoms with E-state index in [0.29, 0.717) is 12.0 Å². The molecule has 0 unspecified atom stereocenters. The number of carbonyl (C=O) groups is 1. The van der Waals surface area contributed by atoms with Crippen LogP contribution in [0.3, 0.4) is 0 Å². The van der Waals surface area contributed by atoms with Crippen molar-refractivity contribution < 1.29 is 9.53 Å². The fourth-order valence-corrected chi connectivity index (χ4v) is 5.55. The van der Waals surface area contributed by atoms with Crippen molar-refractivity contribution in [1.82, 2.24) is 9.80 Å². The number of anilines is 1. The van der Waals surface area contributed by atoms with E-state index < -0.39 is 0 Å². The second-order valence-electron chi connectivity index (χ2n) is 9.81. The third kappa shape index (κ3) is 5.20. The number of carbonyl (C=O) groups excluding carboxylic acids is 1. The molecule has 5 nitrogen and oxygen atoms in total. The van der Waals surface area contributed by atoms with Crippen LogP contribution in [0.5, 0.6) is 0 Å². The first-order chi connectivity index (χ1) is 15.5. The maximum atomic E-state index is 12.4. The lowest BCUT2D eigenvalue weighted by Crippen LogP contribution is -2.59. The van der Waals surface area contributed by atoms with Gasteiger partial charge in [-0.1, -0.05) is 11.8 Å². The number of rotatable bonds is 5. The second-order valence-corrected chi connectivity index (χ2v) is 9.81. The van der Waals surface area contributed by atoms with Crippen LogP contribution >= 0.6 is 0 Å². The van der Waals surface area contributed by atoms with Crippen LogP contribution in [0.2, 0.25) is 0 Å². The van der Waals surface area contributed by atoms with Crippen LogP contribution < -0.4 is 4.90 Å². The van der Waals surface area contributed by atoms with Gasteiger partial charge in [0, 0.05) is 67.7 Å². The van der Waals surface area contributed by atoms with Crippen molar-refractivity contribution in [3.8, 4) is 11.8 Å². The van der Waals surface area contributed by atoms with E-state index >= 15 is 0 Å². The molecule has 0 bridgehead atoms. The number of hydrogen-bond acceptors (Lipinski definition) is 5. The molecule has 0 N–H and O–H groups in total. The van der Waals surface area contributed by atoms with Crippen LogP contribution in [0.4, 0.5) is 5.69 Å². The number of likely N-dealkylation sites (N-methyl/N-ethyl adjacent to an activating group) is 1. The molecule has 1 aromatic carbocycles. The first-order valence-corrected chi connectivity index (χ1v) is 12.4. The molecule has 0 radical (unpaired) electrons. The molecule has 0 aliphatic carbocycles. The molecule has 4 rings (SSSR count). The molecule has 3 heterocycles. The molecule has 3 aliphatic rings.